The maximum atomic E-state index is 14.2. The Bertz CT molecular complexity index is 1290. The van der Waals surface area contributed by atoms with E-state index in [9.17, 15) is 22.4 Å². The maximum Gasteiger partial charge on any atom is 0.280 e. The summed E-state index contributed by atoms with van der Waals surface area (Å²) >= 11 is 0. The third-order valence-corrected chi connectivity index (χ3v) is 6.17. The van der Waals surface area contributed by atoms with Crippen molar-refractivity contribution in [3.63, 3.8) is 0 Å². The van der Waals surface area contributed by atoms with Crippen LogP contribution in [0, 0.1) is 12.7 Å². The summed E-state index contributed by atoms with van der Waals surface area (Å²) in [6, 6.07) is 12.8. The summed E-state index contributed by atoms with van der Waals surface area (Å²) in [5.41, 5.74) is -0.779. The highest BCUT2D eigenvalue weighted by Gasteiger charge is 2.23. The molecule has 8 nitrogen and oxygen atoms in total. The number of aromatic nitrogens is 2. The number of aryl methyl sites for hydroxylation is 1. The molecular weight excluding hydrogens is 411 g/mol. The Hall–Kier alpha value is -3.37. The number of benzene rings is 2. The number of halogens is 1. The van der Waals surface area contributed by atoms with Gasteiger partial charge in [0.05, 0.1) is 5.69 Å². The Morgan fingerprint density at radius 1 is 1.10 bits per heavy atom. The van der Waals surface area contributed by atoms with E-state index >= 15 is 0 Å². The molecule has 0 atom stereocenters. The Kier molecular flexibility index (Phi) is 5.81. The molecule has 0 aliphatic carbocycles. The lowest BCUT2D eigenvalue weighted by molar-refractivity contribution is 0.101. The van der Waals surface area contributed by atoms with Gasteiger partial charge < -0.3 is 5.32 Å². The van der Waals surface area contributed by atoms with Gasteiger partial charge in [0.2, 0.25) is 15.5 Å². The minimum atomic E-state index is -3.84. The summed E-state index contributed by atoms with van der Waals surface area (Å²) in [6.07, 6.45) is 0. The van der Waals surface area contributed by atoms with E-state index in [1.807, 2.05) is 0 Å². The maximum absolute atomic E-state index is 14.2. The first-order valence-electron chi connectivity index (χ1n) is 8.81. The largest absolute Gasteiger partial charge is 0.319 e. The van der Waals surface area contributed by atoms with E-state index in [4.69, 9.17) is 0 Å². The van der Waals surface area contributed by atoms with Gasteiger partial charge in [-0.25, -0.2) is 21.8 Å². The molecular formula is C20H19FN4O4S. The standard InChI is InChI=1S/C20H19FN4O4S/c1-13-12-17(26)19(23-25(13)16-10-6-4-8-14(16)21)20(27)22-15-9-5-7-11-18(15)30(28,29)24(2)3/h4-12H,1-3H3,(H,22,27). The lowest BCUT2D eigenvalue weighted by Gasteiger charge is -2.16. The molecule has 1 N–H and O–H groups in total. The molecule has 1 aromatic heterocycles. The topological polar surface area (TPSA) is 101 Å². The Balaban J connectivity index is 2.06. The number of rotatable bonds is 5. The Labute approximate surface area is 172 Å². The predicted molar refractivity (Wildman–Crippen MR) is 110 cm³/mol. The molecule has 0 saturated heterocycles. The highest BCUT2D eigenvalue weighted by molar-refractivity contribution is 7.89. The molecule has 0 aliphatic rings. The van der Waals surface area contributed by atoms with Crippen molar-refractivity contribution >= 4 is 21.6 Å². The fraction of sp³-hybridized carbons (Fsp3) is 0.150. The summed E-state index contributed by atoms with van der Waals surface area (Å²) in [7, 11) is -1.12. The monoisotopic (exact) mass is 430 g/mol. The van der Waals surface area contributed by atoms with Crippen LogP contribution in [0.2, 0.25) is 0 Å². The van der Waals surface area contributed by atoms with Crippen molar-refractivity contribution in [3.8, 4) is 5.69 Å². The average Bonchev–Trinajstić information content (AvgIpc) is 2.69. The van der Waals surface area contributed by atoms with E-state index in [1.165, 1.54) is 50.5 Å². The molecule has 0 spiro atoms. The van der Waals surface area contributed by atoms with E-state index in [2.05, 4.69) is 10.4 Å². The number of carbonyl (C=O) groups is 1. The van der Waals surface area contributed by atoms with Gasteiger partial charge >= 0.3 is 0 Å². The van der Waals surface area contributed by atoms with Crippen LogP contribution in [0.25, 0.3) is 5.69 Å². The van der Waals surface area contributed by atoms with E-state index < -0.39 is 32.9 Å². The van der Waals surface area contributed by atoms with Crippen LogP contribution in [-0.2, 0) is 10.0 Å². The molecule has 30 heavy (non-hydrogen) atoms. The second-order valence-electron chi connectivity index (χ2n) is 6.60. The van der Waals surface area contributed by atoms with Gasteiger partial charge in [0.1, 0.15) is 16.4 Å². The molecule has 10 heteroatoms. The molecule has 3 aromatic rings. The number of carbonyl (C=O) groups excluding carboxylic acids is 1. The minimum Gasteiger partial charge on any atom is -0.319 e. The number of nitrogens with zero attached hydrogens (tertiary/aromatic N) is 3. The minimum absolute atomic E-state index is 0.00424. The highest BCUT2D eigenvalue weighted by Crippen LogP contribution is 2.23. The van der Waals surface area contributed by atoms with E-state index in [-0.39, 0.29) is 16.3 Å². The lowest BCUT2D eigenvalue weighted by Crippen LogP contribution is -2.28. The molecule has 0 saturated carbocycles. The zero-order chi connectivity index (χ0) is 22.1. The van der Waals surface area contributed by atoms with Crippen LogP contribution in [0.3, 0.4) is 0 Å². The SMILES string of the molecule is Cc1cc(=O)c(C(=O)Nc2ccccc2S(=O)(=O)N(C)C)nn1-c1ccccc1F. The zero-order valence-corrected chi connectivity index (χ0v) is 17.3. The van der Waals surface area contributed by atoms with Crippen LogP contribution in [0.4, 0.5) is 10.1 Å². The van der Waals surface area contributed by atoms with Crippen molar-refractivity contribution < 1.29 is 17.6 Å². The van der Waals surface area contributed by atoms with Gasteiger partial charge in [-0.1, -0.05) is 24.3 Å². The fourth-order valence-corrected chi connectivity index (χ4v) is 3.79. The summed E-state index contributed by atoms with van der Waals surface area (Å²) < 4.78 is 41.4. The Morgan fingerprint density at radius 3 is 2.40 bits per heavy atom. The van der Waals surface area contributed by atoms with Gasteiger partial charge in [0.15, 0.2) is 5.69 Å². The van der Waals surface area contributed by atoms with Gasteiger partial charge in [-0.15, -0.1) is 0 Å². The van der Waals surface area contributed by atoms with Crippen LogP contribution in [0.5, 0.6) is 0 Å². The van der Waals surface area contributed by atoms with Crippen molar-refractivity contribution in [2.45, 2.75) is 11.8 Å². The average molecular weight is 430 g/mol. The zero-order valence-electron chi connectivity index (χ0n) is 16.5. The van der Waals surface area contributed by atoms with Crippen molar-refractivity contribution in [1.82, 2.24) is 14.1 Å². The van der Waals surface area contributed by atoms with E-state index in [0.29, 0.717) is 5.69 Å². The van der Waals surface area contributed by atoms with Crippen molar-refractivity contribution in [1.29, 1.82) is 0 Å². The van der Waals surface area contributed by atoms with Crippen LogP contribution >= 0.6 is 0 Å². The van der Waals surface area contributed by atoms with Crippen LogP contribution in [-0.4, -0.2) is 42.5 Å². The number of para-hydroxylation sites is 2. The van der Waals surface area contributed by atoms with Gasteiger partial charge in [0, 0.05) is 25.9 Å². The van der Waals surface area contributed by atoms with E-state index in [0.717, 1.165) is 15.1 Å². The first-order valence-corrected chi connectivity index (χ1v) is 10.3. The number of anilines is 1. The van der Waals surface area contributed by atoms with Crippen LogP contribution in [0.1, 0.15) is 16.2 Å². The smallest absolute Gasteiger partial charge is 0.280 e. The number of hydrogen-bond acceptors (Lipinski definition) is 5. The highest BCUT2D eigenvalue weighted by atomic mass is 32.2. The molecule has 1 heterocycles. The van der Waals surface area contributed by atoms with Crippen molar-refractivity contribution in [3.05, 3.63) is 82.0 Å². The predicted octanol–water partition coefficient (Wildman–Crippen LogP) is 2.18. The molecule has 3 rings (SSSR count). The summed E-state index contributed by atoms with van der Waals surface area (Å²) in [4.78, 5) is 25.0. The van der Waals surface area contributed by atoms with Gasteiger partial charge in [0.25, 0.3) is 5.91 Å². The normalized spacial score (nSPS) is 11.5. The first kappa shape index (κ1) is 21.3. The number of nitrogens with one attached hydrogen (secondary N) is 1. The van der Waals surface area contributed by atoms with Gasteiger partial charge in [-0.2, -0.15) is 5.10 Å². The molecule has 0 unspecified atom stereocenters. The number of sulfonamides is 1. The second-order valence-corrected chi connectivity index (χ2v) is 8.72. The Morgan fingerprint density at radius 2 is 1.73 bits per heavy atom. The first-order chi connectivity index (χ1) is 14.1. The van der Waals surface area contributed by atoms with Gasteiger partial charge in [-0.05, 0) is 31.2 Å². The van der Waals surface area contributed by atoms with E-state index in [1.54, 1.807) is 19.1 Å². The quantitative estimate of drug-likeness (QED) is 0.669. The number of hydrogen-bond donors (Lipinski definition) is 1. The molecule has 1 amide bonds. The second kappa shape index (κ2) is 8.17. The third-order valence-electron chi connectivity index (χ3n) is 4.30. The molecule has 0 bridgehead atoms. The summed E-state index contributed by atoms with van der Waals surface area (Å²) in [5, 5.41) is 6.45. The fourth-order valence-electron chi connectivity index (χ4n) is 2.75. The molecule has 0 fully saturated rings. The number of amides is 1. The van der Waals surface area contributed by atoms with Crippen LogP contribution < -0.4 is 10.7 Å². The summed E-state index contributed by atoms with van der Waals surface area (Å²) in [5.74, 6) is -1.49. The molecule has 0 radical (unpaired) electrons. The molecule has 0 aliphatic heterocycles. The summed E-state index contributed by atoms with van der Waals surface area (Å²) in [6.45, 7) is 1.56. The van der Waals surface area contributed by atoms with Crippen molar-refractivity contribution in [2.75, 3.05) is 19.4 Å². The molecule has 156 valence electrons. The van der Waals surface area contributed by atoms with Crippen molar-refractivity contribution in [2.24, 2.45) is 0 Å². The lowest BCUT2D eigenvalue weighted by atomic mass is 10.2. The van der Waals surface area contributed by atoms with Crippen LogP contribution in [0.15, 0.2) is 64.3 Å². The molecule has 2 aromatic carbocycles. The third kappa shape index (κ3) is 4.00. The van der Waals surface area contributed by atoms with Gasteiger partial charge in [-0.3, -0.25) is 9.59 Å².